The first-order chi connectivity index (χ1) is 12.3. The van der Waals surface area contributed by atoms with Crippen LogP contribution in [0.3, 0.4) is 0 Å². The zero-order chi connectivity index (χ0) is 16.8. The van der Waals surface area contributed by atoms with Crippen molar-refractivity contribution in [3.05, 3.63) is 29.5 Å². The molecule has 4 fully saturated rings. The van der Waals surface area contributed by atoms with Crippen LogP contribution < -0.4 is 5.32 Å². The van der Waals surface area contributed by atoms with Crippen molar-refractivity contribution < 1.29 is 4.79 Å². The van der Waals surface area contributed by atoms with Crippen LogP contribution >= 0.6 is 0 Å². The molecule has 0 spiro atoms. The number of amides is 1. The highest BCUT2D eigenvalue weighted by Gasteiger charge is 2.35. The maximum Gasteiger partial charge on any atom is 0.272 e. The standard InChI is InChI=1S/C20H26N4O/c25-20(21-18-12-24-9-7-14(18)8-10-24)19-16-11-15(13-3-1-2-4-13)5-6-17(16)22-23-19/h5-6,11,13-14,18H,1-4,7-10,12H2,(H,21,25)(H,22,23). The summed E-state index contributed by atoms with van der Waals surface area (Å²) in [4.78, 5) is 15.3. The van der Waals surface area contributed by atoms with Crippen LogP contribution in [0, 0.1) is 5.92 Å². The summed E-state index contributed by atoms with van der Waals surface area (Å²) in [5, 5.41) is 11.6. The fourth-order valence-corrected chi connectivity index (χ4v) is 5.08. The Labute approximate surface area is 148 Å². The van der Waals surface area contributed by atoms with Gasteiger partial charge in [0, 0.05) is 18.0 Å². The molecule has 3 aliphatic heterocycles. The number of rotatable bonds is 3. The molecule has 1 atom stereocenters. The van der Waals surface area contributed by atoms with Crippen molar-refractivity contribution in [1.29, 1.82) is 0 Å². The zero-order valence-corrected chi connectivity index (χ0v) is 14.6. The van der Waals surface area contributed by atoms with Crippen LogP contribution in [0.4, 0.5) is 0 Å². The van der Waals surface area contributed by atoms with E-state index in [1.807, 2.05) is 0 Å². The maximum atomic E-state index is 12.9. The number of H-pyrrole nitrogens is 1. The van der Waals surface area contributed by atoms with Gasteiger partial charge in [-0.05, 0) is 68.3 Å². The van der Waals surface area contributed by atoms with Crippen molar-refractivity contribution in [3.63, 3.8) is 0 Å². The molecule has 5 heteroatoms. The van der Waals surface area contributed by atoms with Gasteiger partial charge in [0.05, 0.1) is 5.52 Å². The Kier molecular flexibility index (Phi) is 3.77. The first-order valence-corrected chi connectivity index (χ1v) is 9.79. The molecule has 1 saturated carbocycles. The van der Waals surface area contributed by atoms with E-state index in [9.17, 15) is 4.79 Å². The molecule has 1 aromatic carbocycles. The molecule has 3 saturated heterocycles. The Balaban J connectivity index is 1.39. The van der Waals surface area contributed by atoms with Crippen molar-refractivity contribution in [1.82, 2.24) is 20.4 Å². The van der Waals surface area contributed by atoms with E-state index in [1.165, 1.54) is 57.2 Å². The lowest BCUT2D eigenvalue weighted by atomic mass is 9.84. The molecule has 4 aliphatic rings. The van der Waals surface area contributed by atoms with Gasteiger partial charge in [-0.2, -0.15) is 5.10 Å². The molecule has 1 amide bonds. The summed E-state index contributed by atoms with van der Waals surface area (Å²) < 4.78 is 0. The van der Waals surface area contributed by atoms with E-state index in [2.05, 4.69) is 38.6 Å². The number of hydrogen-bond donors (Lipinski definition) is 2. The predicted molar refractivity (Wildman–Crippen MR) is 97.7 cm³/mol. The average Bonchev–Trinajstić information content (AvgIpc) is 3.32. The molecule has 132 valence electrons. The van der Waals surface area contributed by atoms with Gasteiger partial charge in [0.1, 0.15) is 0 Å². The Morgan fingerprint density at radius 2 is 1.96 bits per heavy atom. The van der Waals surface area contributed by atoms with E-state index in [1.54, 1.807) is 0 Å². The molecule has 1 unspecified atom stereocenters. The van der Waals surface area contributed by atoms with E-state index in [0.29, 0.717) is 17.5 Å². The van der Waals surface area contributed by atoms with E-state index in [4.69, 9.17) is 0 Å². The minimum Gasteiger partial charge on any atom is -0.346 e. The second-order valence-corrected chi connectivity index (χ2v) is 8.08. The average molecular weight is 338 g/mol. The highest BCUT2D eigenvalue weighted by Crippen LogP contribution is 2.35. The molecule has 6 rings (SSSR count). The van der Waals surface area contributed by atoms with Gasteiger partial charge >= 0.3 is 0 Å². The van der Waals surface area contributed by atoms with Crippen molar-refractivity contribution in [2.24, 2.45) is 5.92 Å². The maximum absolute atomic E-state index is 12.9. The number of nitrogens with one attached hydrogen (secondary N) is 2. The molecular weight excluding hydrogens is 312 g/mol. The number of fused-ring (bicyclic) bond motifs is 4. The first-order valence-electron chi connectivity index (χ1n) is 9.79. The second kappa shape index (κ2) is 6.13. The van der Waals surface area contributed by atoms with E-state index in [-0.39, 0.29) is 11.9 Å². The molecule has 5 nitrogen and oxygen atoms in total. The summed E-state index contributed by atoms with van der Waals surface area (Å²) in [6, 6.07) is 6.76. The number of carbonyl (C=O) groups is 1. The molecule has 4 heterocycles. The van der Waals surface area contributed by atoms with Crippen LogP contribution in [0.25, 0.3) is 10.9 Å². The van der Waals surface area contributed by atoms with Crippen LogP contribution in [0.1, 0.15) is 60.5 Å². The highest BCUT2D eigenvalue weighted by molar-refractivity contribution is 6.05. The quantitative estimate of drug-likeness (QED) is 0.904. The fourth-order valence-electron chi connectivity index (χ4n) is 5.08. The summed E-state index contributed by atoms with van der Waals surface area (Å²) in [5.41, 5.74) is 2.88. The number of aromatic amines is 1. The third-order valence-corrected chi connectivity index (χ3v) is 6.60. The lowest BCUT2D eigenvalue weighted by molar-refractivity contribution is 0.0618. The topological polar surface area (TPSA) is 61.0 Å². The van der Waals surface area contributed by atoms with E-state index < -0.39 is 0 Å². The van der Waals surface area contributed by atoms with Crippen LogP contribution in [0.2, 0.25) is 0 Å². The monoisotopic (exact) mass is 338 g/mol. The largest absolute Gasteiger partial charge is 0.346 e. The number of piperidine rings is 3. The number of aromatic nitrogens is 2. The third-order valence-electron chi connectivity index (χ3n) is 6.60. The molecule has 2 bridgehead atoms. The second-order valence-electron chi connectivity index (χ2n) is 8.08. The zero-order valence-electron chi connectivity index (χ0n) is 14.6. The summed E-state index contributed by atoms with van der Waals surface area (Å²) in [7, 11) is 0. The smallest absolute Gasteiger partial charge is 0.272 e. The van der Waals surface area contributed by atoms with Gasteiger partial charge in [-0.1, -0.05) is 18.9 Å². The van der Waals surface area contributed by atoms with E-state index >= 15 is 0 Å². The Bertz CT molecular complexity index is 784. The van der Waals surface area contributed by atoms with Crippen LogP contribution in [0.5, 0.6) is 0 Å². The van der Waals surface area contributed by atoms with Crippen LogP contribution in [-0.4, -0.2) is 46.7 Å². The van der Waals surface area contributed by atoms with Gasteiger partial charge in [0.25, 0.3) is 5.91 Å². The van der Waals surface area contributed by atoms with Gasteiger partial charge in [-0.3, -0.25) is 9.89 Å². The van der Waals surface area contributed by atoms with E-state index in [0.717, 1.165) is 17.4 Å². The molecular formula is C20H26N4O. The molecule has 25 heavy (non-hydrogen) atoms. The molecule has 0 radical (unpaired) electrons. The molecule has 1 aromatic heterocycles. The van der Waals surface area contributed by atoms with Crippen molar-refractivity contribution >= 4 is 16.8 Å². The Hall–Kier alpha value is -1.88. The lowest BCUT2D eigenvalue weighted by Crippen LogP contribution is -2.57. The SMILES string of the molecule is O=C(NC1CN2CCC1CC2)c1n[nH]c2ccc(C3CCCC3)cc12. The highest BCUT2D eigenvalue weighted by atomic mass is 16.2. The summed E-state index contributed by atoms with van der Waals surface area (Å²) in [6.07, 6.45) is 7.59. The van der Waals surface area contributed by atoms with Crippen molar-refractivity contribution in [2.75, 3.05) is 19.6 Å². The van der Waals surface area contributed by atoms with Crippen LogP contribution in [0.15, 0.2) is 18.2 Å². The van der Waals surface area contributed by atoms with Gasteiger partial charge < -0.3 is 10.2 Å². The third kappa shape index (κ3) is 2.74. The van der Waals surface area contributed by atoms with Crippen LogP contribution in [-0.2, 0) is 0 Å². The summed E-state index contributed by atoms with van der Waals surface area (Å²) in [6.45, 7) is 3.37. The van der Waals surface area contributed by atoms with Crippen molar-refractivity contribution in [2.45, 2.75) is 50.5 Å². The van der Waals surface area contributed by atoms with Gasteiger partial charge in [-0.15, -0.1) is 0 Å². The fraction of sp³-hybridized carbons (Fsp3) is 0.600. The molecule has 2 N–H and O–H groups in total. The summed E-state index contributed by atoms with van der Waals surface area (Å²) >= 11 is 0. The predicted octanol–water partition coefficient (Wildman–Crippen LogP) is 3.04. The van der Waals surface area contributed by atoms with Gasteiger partial charge in [-0.25, -0.2) is 0 Å². The number of nitrogens with zero attached hydrogens (tertiary/aromatic N) is 2. The number of benzene rings is 1. The normalized spacial score (nSPS) is 29.4. The van der Waals surface area contributed by atoms with Gasteiger partial charge in [0.15, 0.2) is 5.69 Å². The number of hydrogen-bond acceptors (Lipinski definition) is 3. The minimum atomic E-state index is -0.0198. The first kappa shape index (κ1) is 15.4. The lowest BCUT2D eigenvalue weighted by Gasteiger charge is -2.44. The number of carbonyl (C=O) groups excluding carboxylic acids is 1. The minimum absolute atomic E-state index is 0.0198. The molecule has 1 aliphatic carbocycles. The molecule has 2 aromatic rings. The Morgan fingerprint density at radius 1 is 1.16 bits per heavy atom. The Morgan fingerprint density at radius 3 is 2.68 bits per heavy atom. The van der Waals surface area contributed by atoms with Gasteiger partial charge in [0.2, 0.25) is 0 Å². The van der Waals surface area contributed by atoms with Crippen molar-refractivity contribution in [3.8, 4) is 0 Å². The summed E-state index contributed by atoms with van der Waals surface area (Å²) in [5.74, 6) is 1.26.